The Morgan fingerprint density at radius 1 is 1.24 bits per heavy atom. The predicted molar refractivity (Wildman–Crippen MR) is 83.6 cm³/mol. The van der Waals surface area contributed by atoms with E-state index >= 15 is 0 Å². The molecule has 0 fully saturated rings. The highest BCUT2D eigenvalue weighted by Crippen LogP contribution is 2.18. The number of rotatable bonds is 7. The van der Waals surface area contributed by atoms with Crippen LogP contribution in [0, 0.1) is 5.92 Å². The first-order chi connectivity index (χ1) is 10.2. The molecule has 0 aliphatic carbocycles. The van der Waals surface area contributed by atoms with Gasteiger partial charge in [0.15, 0.2) is 0 Å². The Balaban J connectivity index is 2.20. The van der Waals surface area contributed by atoms with E-state index in [9.17, 15) is 0 Å². The first-order valence-corrected chi connectivity index (χ1v) is 7.52. The number of nitrogens with zero attached hydrogens (tertiary/aromatic N) is 3. The van der Waals surface area contributed by atoms with Gasteiger partial charge in [0.2, 0.25) is 0 Å². The van der Waals surface area contributed by atoms with Gasteiger partial charge in [-0.15, -0.1) is 5.10 Å². The number of benzene rings is 1. The molecule has 2 rings (SSSR count). The van der Waals surface area contributed by atoms with E-state index in [1.165, 1.54) is 0 Å². The zero-order valence-electron chi connectivity index (χ0n) is 13.0. The van der Waals surface area contributed by atoms with E-state index in [-0.39, 0.29) is 0 Å². The predicted octanol–water partition coefficient (Wildman–Crippen LogP) is 2.71. The number of hydrogen-bond donors (Lipinski definition) is 1. The molecule has 0 radical (unpaired) electrons. The van der Waals surface area contributed by atoms with Gasteiger partial charge in [-0.25, -0.2) is 4.68 Å². The molecule has 1 aromatic carbocycles. The Hall–Kier alpha value is -1.88. The van der Waals surface area contributed by atoms with Crippen molar-refractivity contribution in [3.05, 3.63) is 35.7 Å². The van der Waals surface area contributed by atoms with Gasteiger partial charge in [-0.2, -0.15) is 0 Å². The summed E-state index contributed by atoms with van der Waals surface area (Å²) in [6.07, 6.45) is 1.96. The van der Waals surface area contributed by atoms with Crippen molar-refractivity contribution in [1.29, 1.82) is 0 Å². The van der Waals surface area contributed by atoms with Crippen LogP contribution in [-0.2, 0) is 13.0 Å². The van der Waals surface area contributed by atoms with Crippen molar-refractivity contribution in [3.63, 3.8) is 0 Å². The molecular formula is C16H24N4O. The largest absolute Gasteiger partial charge is 0.493 e. The van der Waals surface area contributed by atoms with Gasteiger partial charge in [-0.05, 0) is 36.6 Å². The lowest BCUT2D eigenvalue weighted by Gasteiger charge is -2.10. The average Bonchev–Trinajstić information content (AvgIpc) is 2.89. The molecule has 2 N–H and O–H groups in total. The molecule has 0 saturated carbocycles. The van der Waals surface area contributed by atoms with E-state index < -0.39 is 0 Å². The first-order valence-electron chi connectivity index (χ1n) is 7.52. The van der Waals surface area contributed by atoms with Crippen molar-refractivity contribution in [2.45, 2.75) is 40.2 Å². The van der Waals surface area contributed by atoms with Crippen LogP contribution in [0.4, 0.5) is 0 Å². The molecule has 0 bridgehead atoms. The molecule has 5 heteroatoms. The standard InChI is InChI=1S/C16H24N4O/c1-4-5-16-15(10-17)18-19-20(16)13-6-8-14(9-7-13)21-11-12(2)3/h6-9,12H,4-5,10-11,17H2,1-3H3. The summed E-state index contributed by atoms with van der Waals surface area (Å²) in [7, 11) is 0. The summed E-state index contributed by atoms with van der Waals surface area (Å²) in [5.41, 5.74) is 8.68. The van der Waals surface area contributed by atoms with Gasteiger partial charge in [-0.3, -0.25) is 0 Å². The van der Waals surface area contributed by atoms with Gasteiger partial charge >= 0.3 is 0 Å². The fourth-order valence-electron chi connectivity index (χ4n) is 2.13. The minimum atomic E-state index is 0.422. The monoisotopic (exact) mass is 288 g/mol. The lowest BCUT2D eigenvalue weighted by atomic mass is 10.2. The Kier molecular flexibility index (Phi) is 5.33. The maximum Gasteiger partial charge on any atom is 0.119 e. The summed E-state index contributed by atoms with van der Waals surface area (Å²) >= 11 is 0. The van der Waals surface area contributed by atoms with E-state index in [0.717, 1.165) is 42.3 Å². The second kappa shape index (κ2) is 7.22. The molecule has 0 atom stereocenters. The van der Waals surface area contributed by atoms with Crippen LogP contribution >= 0.6 is 0 Å². The molecular weight excluding hydrogens is 264 g/mol. The topological polar surface area (TPSA) is 66.0 Å². The van der Waals surface area contributed by atoms with Crippen LogP contribution in [0.5, 0.6) is 5.75 Å². The zero-order chi connectivity index (χ0) is 15.2. The number of hydrogen-bond acceptors (Lipinski definition) is 4. The Morgan fingerprint density at radius 3 is 2.52 bits per heavy atom. The van der Waals surface area contributed by atoms with Crippen LogP contribution in [0.15, 0.2) is 24.3 Å². The fourth-order valence-corrected chi connectivity index (χ4v) is 2.13. The van der Waals surface area contributed by atoms with Crippen LogP contribution in [0.2, 0.25) is 0 Å². The normalized spacial score (nSPS) is 11.1. The highest BCUT2D eigenvalue weighted by molar-refractivity contribution is 5.38. The van der Waals surface area contributed by atoms with Gasteiger partial charge in [-0.1, -0.05) is 32.4 Å². The molecule has 0 aliphatic rings. The SMILES string of the molecule is CCCc1c(CN)nnn1-c1ccc(OCC(C)C)cc1. The van der Waals surface area contributed by atoms with Gasteiger partial charge in [0.1, 0.15) is 5.75 Å². The van der Waals surface area contributed by atoms with Crippen LogP contribution in [0.1, 0.15) is 38.6 Å². The maximum atomic E-state index is 5.73. The van der Waals surface area contributed by atoms with Crippen molar-refractivity contribution >= 4 is 0 Å². The minimum Gasteiger partial charge on any atom is -0.493 e. The summed E-state index contributed by atoms with van der Waals surface area (Å²) in [6.45, 7) is 7.55. The Labute approximate surface area is 126 Å². The molecule has 1 aromatic heterocycles. The molecule has 0 saturated heterocycles. The van der Waals surface area contributed by atoms with Gasteiger partial charge in [0.05, 0.1) is 23.7 Å². The summed E-state index contributed by atoms with van der Waals surface area (Å²) in [5, 5.41) is 8.39. The summed E-state index contributed by atoms with van der Waals surface area (Å²) < 4.78 is 7.57. The molecule has 0 spiro atoms. The zero-order valence-corrected chi connectivity index (χ0v) is 13.0. The summed E-state index contributed by atoms with van der Waals surface area (Å²) in [5.74, 6) is 1.40. The van der Waals surface area contributed by atoms with Crippen LogP contribution < -0.4 is 10.5 Å². The third-order valence-electron chi connectivity index (χ3n) is 3.19. The van der Waals surface area contributed by atoms with Crippen molar-refractivity contribution in [1.82, 2.24) is 15.0 Å². The Bertz CT molecular complexity index is 560. The van der Waals surface area contributed by atoms with Gasteiger partial charge in [0, 0.05) is 6.54 Å². The minimum absolute atomic E-state index is 0.422. The average molecular weight is 288 g/mol. The number of aromatic nitrogens is 3. The second-order valence-corrected chi connectivity index (χ2v) is 5.55. The Morgan fingerprint density at radius 2 is 1.95 bits per heavy atom. The highest BCUT2D eigenvalue weighted by Gasteiger charge is 2.12. The molecule has 0 aliphatic heterocycles. The van der Waals surface area contributed by atoms with Crippen LogP contribution in [-0.4, -0.2) is 21.6 Å². The van der Waals surface area contributed by atoms with E-state index in [4.69, 9.17) is 10.5 Å². The third-order valence-corrected chi connectivity index (χ3v) is 3.19. The maximum absolute atomic E-state index is 5.73. The summed E-state index contributed by atoms with van der Waals surface area (Å²) in [4.78, 5) is 0. The number of nitrogens with two attached hydrogens (primary N) is 1. The quantitative estimate of drug-likeness (QED) is 0.850. The van der Waals surface area contributed by atoms with Crippen molar-refractivity contribution in [2.24, 2.45) is 11.7 Å². The molecule has 114 valence electrons. The van der Waals surface area contributed by atoms with Gasteiger partial charge < -0.3 is 10.5 Å². The van der Waals surface area contributed by atoms with Crippen LogP contribution in [0.3, 0.4) is 0 Å². The van der Waals surface area contributed by atoms with Gasteiger partial charge in [0.25, 0.3) is 0 Å². The van der Waals surface area contributed by atoms with E-state index in [0.29, 0.717) is 12.5 Å². The van der Waals surface area contributed by atoms with Crippen molar-refractivity contribution in [2.75, 3.05) is 6.61 Å². The van der Waals surface area contributed by atoms with E-state index in [1.807, 2.05) is 28.9 Å². The fraction of sp³-hybridized carbons (Fsp3) is 0.500. The molecule has 0 amide bonds. The molecule has 5 nitrogen and oxygen atoms in total. The molecule has 21 heavy (non-hydrogen) atoms. The van der Waals surface area contributed by atoms with Crippen LogP contribution in [0.25, 0.3) is 5.69 Å². The highest BCUT2D eigenvalue weighted by atomic mass is 16.5. The van der Waals surface area contributed by atoms with E-state index in [2.05, 4.69) is 31.1 Å². The lowest BCUT2D eigenvalue weighted by Crippen LogP contribution is -2.07. The molecule has 1 heterocycles. The van der Waals surface area contributed by atoms with Crippen molar-refractivity contribution < 1.29 is 4.74 Å². The first kappa shape index (κ1) is 15.5. The number of ether oxygens (including phenoxy) is 1. The molecule has 0 unspecified atom stereocenters. The smallest absolute Gasteiger partial charge is 0.119 e. The van der Waals surface area contributed by atoms with Crippen molar-refractivity contribution in [3.8, 4) is 11.4 Å². The second-order valence-electron chi connectivity index (χ2n) is 5.55. The lowest BCUT2D eigenvalue weighted by molar-refractivity contribution is 0.271. The summed E-state index contributed by atoms with van der Waals surface area (Å²) in [6, 6.07) is 7.95. The van der Waals surface area contributed by atoms with E-state index in [1.54, 1.807) is 0 Å². The third kappa shape index (κ3) is 3.82. The molecule has 2 aromatic rings.